The van der Waals surface area contributed by atoms with Gasteiger partial charge in [0.15, 0.2) is 0 Å². The van der Waals surface area contributed by atoms with E-state index < -0.39 is 0 Å². The van der Waals surface area contributed by atoms with Crippen LogP contribution in [0.4, 0.5) is 5.69 Å². The fourth-order valence-corrected chi connectivity index (χ4v) is 2.12. The molecule has 0 spiro atoms. The van der Waals surface area contributed by atoms with E-state index in [0.29, 0.717) is 18.7 Å². The molecule has 0 aliphatic rings. The number of carbonyl (C=O) groups excluding carboxylic acids is 1. The van der Waals surface area contributed by atoms with Gasteiger partial charge in [-0.3, -0.25) is 9.48 Å². The number of rotatable bonds is 5. The van der Waals surface area contributed by atoms with Crippen LogP contribution < -0.4 is 10.6 Å². The van der Waals surface area contributed by atoms with Gasteiger partial charge in [0.25, 0.3) is 5.91 Å². The van der Waals surface area contributed by atoms with E-state index in [1.807, 2.05) is 56.9 Å². The third kappa shape index (κ3) is 3.42. The molecule has 2 rings (SSSR count). The van der Waals surface area contributed by atoms with Crippen molar-refractivity contribution in [1.82, 2.24) is 15.1 Å². The van der Waals surface area contributed by atoms with Gasteiger partial charge in [-0.15, -0.1) is 0 Å². The van der Waals surface area contributed by atoms with Crippen LogP contribution in [0.3, 0.4) is 0 Å². The highest BCUT2D eigenvalue weighted by atomic mass is 16.1. The van der Waals surface area contributed by atoms with Crippen molar-refractivity contribution in [2.45, 2.75) is 27.3 Å². The first kappa shape index (κ1) is 15.1. The number of aromatic nitrogens is 2. The maximum atomic E-state index is 11.9. The topological polar surface area (TPSA) is 59.0 Å². The molecule has 0 fully saturated rings. The number of hydrogen-bond donors (Lipinski definition) is 2. The standard InChI is InChI=1S/C16H22N4O/c1-5-17-16(21)13-7-6-11(2)15(8-13)18-9-14-10-19-20(4)12(14)3/h6-8,10,18H,5,9H2,1-4H3,(H,17,21). The SMILES string of the molecule is CCNC(=O)c1ccc(C)c(NCc2cnn(C)c2C)c1. The van der Waals surface area contributed by atoms with Gasteiger partial charge >= 0.3 is 0 Å². The Morgan fingerprint density at radius 2 is 2.10 bits per heavy atom. The molecule has 1 aromatic carbocycles. The quantitative estimate of drug-likeness (QED) is 0.887. The van der Waals surface area contributed by atoms with E-state index in [2.05, 4.69) is 15.7 Å². The van der Waals surface area contributed by atoms with Gasteiger partial charge < -0.3 is 10.6 Å². The Morgan fingerprint density at radius 3 is 2.71 bits per heavy atom. The lowest BCUT2D eigenvalue weighted by Crippen LogP contribution is -2.22. The summed E-state index contributed by atoms with van der Waals surface area (Å²) < 4.78 is 1.86. The fraction of sp³-hybridized carbons (Fsp3) is 0.375. The van der Waals surface area contributed by atoms with Gasteiger partial charge in [-0.2, -0.15) is 5.10 Å². The lowest BCUT2D eigenvalue weighted by molar-refractivity contribution is 0.0956. The van der Waals surface area contributed by atoms with E-state index in [-0.39, 0.29) is 5.91 Å². The van der Waals surface area contributed by atoms with Crippen molar-refractivity contribution in [2.75, 3.05) is 11.9 Å². The average Bonchev–Trinajstić information content (AvgIpc) is 2.78. The zero-order valence-electron chi connectivity index (χ0n) is 13.0. The van der Waals surface area contributed by atoms with E-state index in [1.54, 1.807) is 0 Å². The van der Waals surface area contributed by atoms with Crippen molar-refractivity contribution >= 4 is 11.6 Å². The summed E-state index contributed by atoms with van der Waals surface area (Å²) in [5.74, 6) is -0.0434. The molecule has 2 N–H and O–H groups in total. The van der Waals surface area contributed by atoms with Gasteiger partial charge in [0.2, 0.25) is 0 Å². The molecular formula is C16H22N4O. The number of nitrogens with one attached hydrogen (secondary N) is 2. The predicted octanol–water partition coefficient (Wildman–Crippen LogP) is 2.40. The number of nitrogens with zero attached hydrogens (tertiary/aromatic N) is 2. The number of benzene rings is 1. The summed E-state index contributed by atoms with van der Waals surface area (Å²) >= 11 is 0. The van der Waals surface area contributed by atoms with Crippen molar-refractivity contribution in [3.05, 3.63) is 46.8 Å². The highest BCUT2D eigenvalue weighted by molar-refractivity contribution is 5.95. The monoisotopic (exact) mass is 286 g/mol. The number of hydrogen-bond acceptors (Lipinski definition) is 3. The summed E-state index contributed by atoms with van der Waals surface area (Å²) in [5, 5.41) is 10.4. The summed E-state index contributed by atoms with van der Waals surface area (Å²) in [7, 11) is 1.93. The molecule has 1 heterocycles. The highest BCUT2D eigenvalue weighted by Gasteiger charge is 2.08. The maximum Gasteiger partial charge on any atom is 0.251 e. The van der Waals surface area contributed by atoms with Crippen molar-refractivity contribution < 1.29 is 4.79 Å². The molecule has 0 radical (unpaired) electrons. The Balaban J connectivity index is 2.14. The molecule has 0 aliphatic heterocycles. The molecule has 5 nitrogen and oxygen atoms in total. The van der Waals surface area contributed by atoms with E-state index in [1.165, 1.54) is 0 Å². The molecule has 0 aliphatic carbocycles. The van der Waals surface area contributed by atoms with E-state index in [4.69, 9.17) is 0 Å². The summed E-state index contributed by atoms with van der Waals surface area (Å²) in [6.45, 7) is 7.31. The van der Waals surface area contributed by atoms with Crippen LogP contribution in [0.2, 0.25) is 0 Å². The summed E-state index contributed by atoms with van der Waals surface area (Å²) in [6, 6.07) is 5.70. The molecule has 2 aromatic rings. The molecule has 0 saturated heterocycles. The highest BCUT2D eigenvalue weighted by Crippen LogP contribution is 2.18. The smallest absolute Gasteiger partial charge is 0.251 e. The second-order valence-corrected chi connectivity index (χ2v) is 5.12. The van der Waals surface area contributed by atoms with Crippen LogP contribution >= 0.6 is 0 Å². The first-order valence-electron chi connectivity index (χ1n) is 7.13. The molecular weight excluding hydrogens is 264 g/mol. The van der Waals surface area contributed by atoms with Gasteiger partial charge in [0.1, 0.15) is 0 Å². The normalized spacial score (nSPS) is 10.5. The summed E-state index contributed by atoms with van der Waals surface area (Å²) in [6.07, 6.45) is 1.87. The largest absolute Gasteiger partial charge is 0.381 e. The second kappa shape index (κ2) is 6.43. The van der Waals surface area contributed by atoms with Crippen molar-refractivity contribution in [2.24, 2.45) is 7.05 Å². The van der Waals surface area contributed by atoms with E-state index >= 15 is 0 Å². The number of amides is 1. The molecule has 1 amide bonds. The van der Waals surface area contributed by atoms with Gasteiger partial charge in [0.05, 0.1) is 6.20 Å². The zero-order valence-corrected chi connectivity index (χ0v) is 13.0. The Labute approximate surface area is 125 Å². The minimum absolute atomic E-state index is 0.0434. The maximum absolute atomic E-state index is 11.9. The van der Waals surface area contributed by atoms with Gasteiger partial charge in [0, 0.05) is 42.6 Å². The molecule has 112 valence electrons. The summed E-state index contributed by atoms with van der Waals surface area (Å²) in [5.41, 5.74) is 5.06. The van der Waals surface area contributed by atoms with Gasteiger partial charge in [-0.25, -0.2) is 0 Å². The van der Waals surface area contributed by atoms with Crippen LogP contribution in [-0.2, 0) is 13.6 Å². The van der Waals surface area contributed by atoms with Crippen LogP contribution in [0.5, 0.6) is 0 Å². The molecule has 21 heavy (non-hydrogen) atoms. The van der Waals surface area contributed by atoms with Crippen molar-refractivity contribution in [1.29, 1.82) is 0 Å². The zero-order chi connectivity index (χ0) is 15.4. The third-order valence-electron chi connectivity index (χ3n) is 3.64. The van der Waals surface area contributed by atoms with Crippen LogP contribution in [0, 0.1) is 13.8 Å². The van der Waals surface area contributed by atoms with Crippen LogP contribution in [-0.4, -0.2) is 22.2 Å². The van der Waals surface area contributed by atoms with Gasteiger partial charge in [-0.05, 0) is 38.5 Å². The molecule has 0 atom stereocenters. The third-order valence-corrected chi connectivity index (χ3v) is 3.64. The molecule has 0 saturated carbocycles. The van der Waals surface area contributed by atoms with Crippen LogP contribution in [0.25, 0.3) is 0 Å². The average molecular weight is 286 g/mol. The number of carbonyl (C=O) groups is 1. The molecule has 1 aromatic heterocycles. The lowest BCUT2D eigenvalue weighted by Gasteiger charge is -2.11. The Hall–Kier alpha value is -2.30. The van der Waals surface area contributed by atoms with E-state index in [9.17, 15) is 4.79 Å². The first-order valence-corrected chi connectivity index (χ1v) is 7.13. The van der Waals surface area contributed by atoms with Crippen LogP contribution in [0.15, 0.2) is 24.4 Å². The predicted molar refractivity (Wildman–Crippen MR) is 84.5 cm³/mol. The molecule has 0 bridgehead atoms. The minimum Gasteiger partial charge on any atom is -0.381 e. The fourth-order valence-electron chi connectivity index (χ4n) is 2.12. The lowest BCUT2D eigenvalue weighted by atomic mass is 10.1. The second-order valence-electron chi connectivity index (χ2n) is 5.12. The Bertz CT molecular complexity index is 646. The Morgan fingerprint density at radius 1 is 1.33 bits per heavy atom. The van der Waals surface area contributed by atoms with Crippen LogP contribution in [0.1, 0.15) is 34.1 Å². The number of aryl methyl sites for hydroxylation is 2. The van der Waals surface area contributed by atoms with Crippen molar-refractivity contribution in [3.63, 3.8) is 0 Å². The molecule has 5 heteroatoms. The van der Waals surface area contributed by atoms with E-state index in [0.717, 1.165) is 22.5 Å². The van der Waals surface area contributed by atoms with Gasteiger partial charge in [-0.1, -0.05) is 6.07 Å². The van der Waals surface area contributed by atoms with Crippen molar-refractivity contribution in [3.8, 4) is 0 Å². The molecule has 0 unspecified atom stereocenters. The summed E-state index contributed by atoms with van der Waals surface area (Å²) in [4.78, 5) is 11.9. The number of anilines is 1. The minimum atomic E-state index is -0.0434. The Kier molecular flexibility index (Phi) is 4.62. The first-order chi connectivity index (χ1) is 10.0.